The van der Waals surface area contributed by atoms with Crippen molar-refractivity contribution in [3.05, 3.63) is 12.5 Å². The summed E-state index contributed by atoms with van der Waals surface area (Å²) in [6, 6.07) is 0. The van der Waals surface area contributed by atoms with Gasteiger partial charge in [0, 0.05) is 13.1 Å². The molecule has 2 rings (SSSR count). The highest BCUT2D eigenvalue weighted by atomic mass is 16.4. The van der Waals surface area contributed by atoms with E-state index < -0.39 is 5.97 Å². The maximum absolute atomic E-state index is 10.7. The summed E-state index contributed by atoms with van der Waals surface area (Å²) >= 11 is 0. The lowest BCUT2D eigenvalue weighted by molar-refractivity contribution is -0.142. The third kappa shape index (κ3) is 1.71. The van der Waals surface area contributed by atoms with Gasteiger partial charge in [-0.1, -0.05) is 0 Å². The SMILES string of the molecule is O=C(O)C1CCN(c2cnc[nH]2)CC1. The summed E-state index contributed by atoms with van der Waals surface area (Å²) in [6.07, 6.45) is 4.84. The predicted octanol–water partition coefficient (Wildman–Crippen LogP) is 0.711. The van der Waals surface area contributed by atoms with Gasteiger partial charge in [0.1, 0.15) is 5.82 Å². The third-order valence-electron chi connectivity index (χ3n) is 2.67. The van der Waals surface area contributed by atoms with Crippen LogP contribution in [-0.4, -0.2) is 34.1 Å². The van der Waals surface area contributed by atoms with Gasteiger partial charge < -0.3 is 15.0 Å². The number of carbonyl (C=O) groups is 1. The largest absolute Gasteiger partial charge is 0.481 e. The van der Waals surface area contributed by atoms with E-state index in [1.165, 1.54) is 0 Å². The molecule has 1 aromatic rings. The first-order chi connectivity index (χ1) is 6.77. The number of aliphatic carboxylic acids is 1. The molecule has 5 heteroatoms. The van der Waals surface area contributed by atoms with Crippen molar-refractivity contribution in [2.75, 3.05) is 18.0 Å². The molecular weight excluding hydrogens is 182 g/mol. The number of nitrogens with one attached hydrogen (secondary N) is 1. The number of nitrogens with zero attached hydrogens (tertiary/aromatic N) is 2. The lowest BCUT2D eigenvalue weighted by Crippen LogP contribution is -2.36. The molecule has 1 aliphatic rings. The maximum atomic E-state index is 10.7. The molecule has 0 bridgehead atoms. The Morgan fingerprint density at radius 2 is 2.29 bits per heavy atom. The molecule has 1 fully saturated rings. The summed E-state index contributed by atoms with van der Waals surface area (Å²) < 4.78 is 0. The topological polar surface area (TPSA) is 69.2 Å². The molecule has 2 N–H and O–H groups in total. The first-order valence-corrected chi connectivity index (χ1v) is 4.73. The van der Waals surface area contributed by atoms with Gasteiger partial charge in [-0.2, -0.15) is 0 Å². The summed E-state index contributed by atoms with van der Waals surface area (Å²) in [5.74, 6) is 0.136. The average molecular weight is 195 g/mol. The smallest absolute Gasteiger partial charge is 0.306 e. The van der Waals surface area contributed by atoms with Crippen LogP contribution in [0.25, 0.3) is 0 Å². The van der Waals surface area contributed by atoms with Gasteiger partial charge in [0.25, 0.3) is 0 Å². The second-order valence-corrected chi connectivity index (χ2v) is 3.54. The highest BCUT2D eigenvalue weighted by molar-refractivity contribution is 5.70. The van der Waals surface area contributed by atoms with E-state index in [1.54, 1.807) is 12.5 Å². The molecule has 0 amide bonds. The second-order valence-electron chi connectivity index (χ2n) is 3.54. The molecule has 2 heterocycles. The minimum absolute atomic E-state index is 0.172. The highest BCUT2D eigenvalue weighted by Gasteiger charge is 2.24. The summed E-state index contributed by atoms with van der Waals surface area (Å²) in [6.45, 7) is 1.58. The number of aromatic nitrogens is 2. The zero-order valence-electron chi connectivity index (χ0n) is 7.81. The van der Waals surface area contributed by atoms with Crippen LogP contribution in [0.5, 0.6) is 0 Å². The van der Waals surface area contributed by atoms with Gasteiger partial charge in [0.2, 0.25) is 0 Å². The van der Waals surface area contributed by atoms with E-state index in [9.17, 15) is 4.79 Å². The number of rotatable bonds is 2. The lowest BCUT2D eigenvalue weighted by Gasteiger charge is -2.30. The number of H-pyrrole nitrogens is 1. The minimum atomic E-state index is -0.672. The molecule has 0 saturated carbocycles. The molecule has 1 aliphatic heterocycles. The van der Waals surface area contributed by atoms with Crippen LogP contribution >= 0.6 is 0 Å². The van der Waals surface area contributed by atoms with E-state index >= 15 is 0 Å². The number of carboxylic acid groups (broad SMARTS) is 1. The third-order valence-corrected chi connectivity index (χ3v) is 2.67. The lowest BCUT2D eigenvalue weighted by atomic mass is 9.97. The number of aromatic amines is 1. The van der Waals surface area contributed by atoms with E-state index in [0.717, 1.165) is 18.9 Å². The van der Waals surface area contributed by atoms with Crippen molar-refractivity contribution >= 4 is 11.8 Å². The Morgan fingerprint density at radius 1 is 1.57 bits per heavy atom. The van der Waals surface area contributed by atoms with Crippen molar-refractivity contribution in [1.82, 2.24) is 9.97 Å². The van der Waals surface area contributed by atoms with Crippen LogP contribution in [-0.2, 0) is 4.79 Å². The Morgan fingerprint density at radius 3 is 2.79 bits per heavy atom. The monoisotopic (exact) mass is 195 g/mol. The van der Waals surface area contributed by atoms with Gasteiger partial charge in [-0.3, -0.25) is 4.79 Å². The molecule has 1 saturated heterocycles. The van der Waals surface area contributed by atoms with Gasteiger partial charge in [-0.25, -0.2) is 4.98 Å². The molecule has 1 aromatic heterocycles. The summed E-state index contributed by atoms with van der Waals surface area (Å²) in [5, 5.41) is 8.82. The van der Waals surface area contributed by atoms with Crippen molar-refractivity contribution in [3.63, 3.8) is 0 Å². The number of imidazole rings is 1. The van der Waals surface area contributed by atoms with Gasteiger partial charge in [-0.05, 0) is 12.8 Å². The van der Waals surface area contributed by atoms with Crippen LogP contribution in [0.3, 0.4) is 0 Å². The summed E-state index contributed by atoms with van der Waals surface area (Å²) in [7, 11) is 0. The Balaban J connectivity index is 1.93. The molecule has 0 atom stereocenters. The van der Waals surface area contributed by atoms with E-state index in [1.807, 2.05) is 0 Å². The standard InChI is InChI=1S/C9H13N3O2/c13-9(14)7-1-3-12(4-2-7)8-5-10-6-11-8/h5-7H,1-4H2,(H,10,11)(H,13,14). The van der Waals surface area contributed by atoms with E-state index in [0.29, 0.717) is 12.8 Å². The first-order valence-electron chi connectivity index (χ1n) is 4.73. The molecule has 0 unspecified atom stereocenters. The van der Waals surface area contributed by atoms with Crippen molar-refractivity contribution < 1.29 is 9.90 Å². The number of hydrogen-bond donors (Lipinski definition) is 2. The number of piperidine rings is 1. The summed E-state index contributed by atoms with van der Waals surface area (Å²) in [5.41, 5.74) is 0. The van der Waals surface area contributed by atoms with Crippen LogP contribution in [0.4, 0.5) is 5.82 Å². The van der Waals surface area contributed by atoms with Crippen molar-refractivity contribution in [2.24, 2.45) is 5.92 Å². The van der Waals surface area contributed by atoms with E-state index in [-0.39, 0.29) is 5.92 Å². The molecule has 0 spiro atoms. The van der Waals surface area contributed by atoms with Gasteiger partial charge in [-0.15, -0.1) is 0 Å². The normalized spacial score (nSPS) is 18.4. The number of hydrogen-bond acceptors (Lipinski definition) is 3. The maximum Gasteiger partial charge on any atom is 0.306 e. The highest BCUT2D eigenvalue weighted by Crippen LogP contribution is 2.21. The van der Waals surface area contributed by atoms with E-state index in [2.05, 4.69) is 14.9 Å². The molecule has 5 nitrogen and oxygen atoms in total. The van der Waals surface area contributed by atoms with Crippen LogP contribution in [0.15, 0.2) is 12.5 Å². The fraction of sp³-hybridized carbons (Fsp3) is 0.556. The predicted molar refractivity (Wildman–Crippen MR) is 51.2 cm³/mol. The van der Waals surface area contributed by atoms with Crippen LogP contribution in [0.1, 0.15) is 12.8 Å². The van der Waals surface area contributed by atoms with Crippen molar-refractivity contribution in [1.29, 1.82) is 0 Å². The van der Waals surface area contributed by atoms with Crippen molar-refractivity contribution in [3.8, 4) is 0 Å². The molecule has 0 aromatic carbocycles. The van der Waals surface area contributed by atoms with Crippen LogP contribution in [0.2, 0.25) is 0 Å². The summed E-state index contributed by atoms with van der Waals surface area (Å²) in [4.78, 5) is 19.8. The fourth-order valence-electron chi connectivity index (χ4n) is 1.79. The minimum Gasteiger partial charge on any atom is -0.481 e. The molecule has 14 heavy (non-hydrogen) atoms. The molecule has 0 radical (unpaired) electrons. The zero-order valence-corrected chi connectivity index (χ0v) is 7.81. The number of carboxylic acids is 1. The van der Waals surface area contributed by atoms with E-state index in [4.69, 9.17) is 5.11 Å². The molecular formula is C9H13N3O2. The molecule has 76 valence electrons. The quantitative estimate of drug-likeness (QED) is 0.729. The van der Waals surface area contributed by atoms with Gasteiger partial charge in [0.15, 0.2) is 0 Å². The van der Waals surface area contributed by atoms with Gasteiger partial charge in [0.05, 0.1) is 18.4 Å². The Labute approximate surface area is 81.8 Å². The van der Waals surface area contributed by atoms with Crippen LogP contribution < -0.4 is 4.90 Å². The molecule has 0 aliphatic carbocycles. The van der Waals surface area contributed by atoms with Crippen molar-refractivity contribution in [2.45, 2.75) is 12.8 Å². The average Bonchev–Trinajstić information content (AvgIpc) is 2.71. The number of anilines is 1. The Hall–Kier alpha value is -1.52. The second kappa shape index (κ2) is 3.69. The zero-order chi connectivity index (χ0) is 9.97. The Bertz CT molecular complexity index is 302. The fourth-order valence-corrected chi connectivity index (χ4v) is 1.79. The first kappa shape index (κ1) is 9.05. The van der Waals surface area contributed by atoms with Crippen LogP contribution in [0, 0.1) is 5.92 Å². The van der Waals surface area contributed by atoms with Gasteiger partial charge >= 0.3 is 5.97 Å². The Kier molecular flexibility index (Phi) is 2.39.